The van der Waals surface area contributed by atoms with Gasteiger partial charge >= 0.3 is 0 Å². The molecule has 2 amide bonds. The Balaban J connectivity index is 3.03. The number of hydrogen-bond donors (Lipinski definition) is 0. The molecule has 1 atom stereocenters. The van der Waals surface area contributed by atoms with E-state index in [1.807, 2.05) is 62.5 Å². The third kappa shape index (κ3) is 6.56. The minimum Gasteiger partial charge on any atom is -0.353 e. The summed E-state index contributed by atoms with van der Waals surface area (Å²) in [6.07, 6.45) is 2.77. The average molecular weight is 398 g/mol. The van der Waals surface area contributed by atoms with Gasteiger partial charge in [-0.2, -0.15) is 0 Å². The Morgan fingerprint density at radius 3 is 2.33 bits per heavy atom. The summed E-state index contributed by atoms with van der Waals surface area (Å²) in [7, 11) is 1.98. The fourth-order valence-electron chi connectivity index (χ4n) is 2.89. The Kier molecular flexibility index (Phi) is 8.86. The van der Waals surface area contributed by atoms with Crippen LogP contribution in [0.1, 0.15) is 53.7 Å². The minimum atomic E-state index is -0.688. The molecule has 0 aliphatic carbocycles. The number of carbonyl (C=O) groups excluding carboxylic acids is 2. The summed E-state index contributed by atoms with van der Waals surface area (Å²) in [4.78, 5) is 29.7. The second kappa shape index (κ2) is 10.2. The molecule has 0 aromatic carbocycles. The second-order valence-corrected chi connectivity index (χ2v) is 8.75. The van der Waals surface area contributed by atoms with Crippen molar-refractivity contribution in [1.29, 1.82) is 0 Å². The molecule has 1 aromatic rings. The summed E-state index contributed by atoms with van der Waals surface area (Å²) in [5.41, 5.74) is 0.387. The number of aryl methyl sites for hydroxylation is 1. The molecule has 0 aliphatic heterocycles. The van der Waals surface area contributed by atoms with Gasteiger partial charge in [-0.15, -0.1) is 11.6 Å². The van der Waals surface area contributed by atoms with Gasteiger partial charge in [0.25, 0.3) is 0 Å². The van der Waals surface area contributed by atoms with E-state index in [1.54, 1.807) is 4.90 Å². The fraction of sp³-hybridized carbons (Fsp3) is 0.714. The van der Waals surface area contributed by atoms with E-state index in [9.17, 15) is 9.59 Å². The highest BCUT2D eigenvalue weighted by Crippen LogP contribution is 2.23. The molecule has 27 heavy (non-hydrogen) atoms. The molecular formula is C21H36ClN3O2. The molecule has 0 saturated carbocycles. The smallest absolute Gasteiger partial charge is 0.242 e. The highest BCUT2D eigenvalue weighted by atomic mass is 35.5. The molecule has 6 heteroatoms. The Hall–Kier alpha value is -1.49. The quantitative estimate of drug-likeness (QED) is 0.562. The van der Waals surface area contributed by atoms with Gasteiger partial charge in [0, 0.05) is 37.4 Å². The number of hydrogen-bond acceptors (Lipinski definition) is 2. The van der Waals surface area contributed by atoms with Crippen LogP contribution in [0.5, 0.6) is 0 Å². The van der Waals surface area contributed by atoms with E-state index < -0.39 is 5.41 Å². The largest absolute Gasteiger partial charge is 0.353 e. The fourth-order valence-corrected chi connectivity index (χ4v) is 3.01. The molecule has 0 bridgehead atoms. The summed E-state index contributed by atoms with van der Waals surface area (Å²) in [6.45, 7) is 13.2. The number of aromatic nitrogens is 1. The normalized spacial score (nSPS) is 12.9. The third-order valence-electron chi connectivity index (χ3n) is 4.94. The van der Waals surface area contributed by atoms with E-state index in [1.165, 1.54) is 0 Å². The standard InChI is InChI=1S/C21H36ClN3O2/c1-8-17(4)25(20(27)21(5,6)15-22)14-19(26)24(12-16(2)3)13-18-10-9-11-23(18)7/h9-11,16-17H,8,12-15H2,1-7H3/t17-/m1/s1. The van der Waals surface area contributed by atoms with E-state index in [-0.39, 0.29) is 30.3 Å². The van der Waals surface area contributed by atoms with Crippen molar-refractivity contribution in [3.8, 4) is 0 Å². The summed E-state index contributed by atoms with van der Waals surface area (Å²) in [6, 6.07) is 3.99. The van der Waals surface area contributed by atoms with E-state index in [0.29, 0.717) is 19.0 Å². The summed E-state index contributed by atoms with van der Waals surface area (Å²) in [5.74, 6) is 0.486. The highest BCUT2D eigenvalue weighted by molar-refractivity contribution is 6.19. The number of carbonyl (C=O) groups is 2. The van der Waals surface area contributed by atoms with Gasteiger partial charge in [0.15, 0.2) is 0 Å². The van der Waals surface area contributed by atoms with Crippen LogP contribution < -0.4 is 0 Å². The first-order chi connectivity index (χ1) is 12.5. The Bertz CT molecular complexity index is 625. The zero-order valence-corrected chi connectivity index (χ0v) is 18.7. The Morgan fingerprint density at radius 1 is 1.26 bits per heavy atom. The van der Waals surface area contributed by atoms with Gasteiger partial charge in [0.2, 0.25) is 11.8 Å². The summed E-state index contributed by atoms with van der Waals surface area (Å²) in [5, 5.41) is 0. The predicted octanol–water partition coefficient (Wildman–Crippen LogP) is 3.90. The van der Waals surface area contributed by atoms with Crippen LogP contribution in [-0.4, -0.2) is 51.2 Å². The first-order valence-electron chi connectivity index (χ1n) is 9.78. The van der Waals surface area contributed by atoms with Gasteiger partial charge < -0.3 is 14.4 Å². The zero-order chi connectivity index (χ0) is 20.8. The third-order valence-corrected chi connectivity index (χ3v) is 5.61. The molecule has 0 fully saturated rings. The van der Waals surface area contributed by atoms with Gasteiger partial charge in [-0.05, 0) is 45.2 Å². The van der Waals surface area contributed by atoms with Crippen LogP contribution in [0.2, 0.25) is 0 Å². The Labute approximate surface area is 169 Å². The van der Waals surface area contributed by atoms with Crippen LogP contribution in [0, 0.1) is 11.3 Å². The molecular weight excluding hydrogens is 362 g/mol. The maximum absolute atomic E-state index is 13.2. The molecule has 5 nitrogen and oxygen atoms in total. The summed E-state index contributed by atoms with van der Waals surface area (Å²) >= 11 is 6.01. The van der Waals surface area contributed by atoms with Crippen LogP contribution in [0.15, 0.2) is 18.3 Å². The van der Waals surface area contributed by atoms with E-state index in [0.717, 1.165) is 12.1 Å². The molecule has 0 unspecified atom stereocenters. The highest BCUT2D eigenvalue weighted by Gasteiger charge is 2.35. The van der Waals surface area contributed by atoms with Crippen molar-refractivity contribution in [2.24, 2.45) is 18.4 Å². The lowest BCUT2D eigenvalue weighted by atomic mass is 9.93. The van der Waals surface area contributed by atoms with E-state index >= 15 is 0 Å². The van der Waals surface area contributed by atoms with Crippen molar-refractivity contribution >= 4 is 23.4 Å². The number of rotatable bonds is 10. The molecule has 154 valence electrons. The van der Waals surface area contributed by atoms with Crippen LogP contribution in [-0.2, 0) is 23.2 Å². The van der Waals surface area contributed by atoms with E-state index in [2.05, 4.69) is 13.8 Å². The number of amides is 2. The zero-order valence-electron chi connectivity index (χ0n) is 18.0. The van der Waals surface area contributed by atoms with Crippen molar-refractivity contribution in [2.75, 3.05) is 19.0 Å². The minimum absolute atomic E-state index is 0.0140. The topological polar surface area (TPSA) is 45.6 Å². The van der Waals surface area contributed by atoms with Gasteiger partial charge in [-0.3, -0.25) is 9.59 Å². The molecule has 0 saturated heterocycles. The van der Waals surface area contributed by atoms with Crippen LogP contribution in [0.25, 0.3) is 0 Å². The van der Waals surface area contributed by atoms with Gasteiger partial charge in [-0.25, -0.2) is 0 Å². The molecule has 0 radical (unpaired) electrons. The van der Waals surface area contributed by atoms with Crippen LogP contribution >= 0.6 is 11.6 Å². The maximum atomic E-state index is 13.2. The molecule has 0 N–H and O–H groups in total. The maximum Gasteiger partial charge on any atom is 0.242 e. The van der Waals surface area contributed by atoms with Gasteiger partial charge in [0.1, 0.15) is 6.54 Å². The SMILES string of the molecule is CC[C@@H](C)N(CC(=O)N(Cc1cccn1C)CC(C)C)C(=O)C(C)(C)CCl. The van der Waals surface area contributed by atoms with Crippen molar-refractivity contribution in [3.63, 3.8) is 0 Å². The predicted molar refractivity (Wildman–Crippen MR) is 112 cm³/mol. The lowest BCUT2D eigenvalue weighted by Gasteiger charge is -2.36. The molecule has 0 aliphatic rings. The second-order valence-electron chi connectivity index (χ2n) is 8.49. The van der Waals surface area contributed by atoms with Crippen LogP contribution in [0.4, 0.5) is 0 Å². The van der Waals surface area contributed by atoms with Gasteiger partial charge in [0.05, 0.1) is 12.0 Å². The first-order valence-corrected chi connectivity index (χ1v) is 10.3. The lowest BCUT2D eigenvalue weighted by molar-refractivity contribution is -0.148. The first kappa shape index (κ1) is 23.5. The molecule has 0 spiro atoms. The van der Waals surface area contributed by atoms with Crippen molar-refractivity contribution < 1.29 is 9.59 Å². The van der Waals surface area contributed by atoms with Crippen molar-refractivity contribution in [2.45, 2.75) is 60.5 Å². The Morgan fingerprint density at radius 2 is 1.89 bits per heavy atom. The molecule has 1 aromatic heterocycles. The number of halogens is 1. The monoisotopic (exact) mass is 397 g/mol. The number of nitrogens with zero attached hydrogens (tertiary/aromatic N) is 3. The van der Waals surface area contributed by atoms with E-state index in [4.69, 9.17) is 11.6 Å². The van der Waals surface area contributed by atoms with Crippen molar-refractivity contribution in [3.05, 3.63) is 24.0 Å². The lowest BCUT2D eigenvalue weighted by Crippen LogP contribution is -2.51. The van der Waals surface area contributed by atoms with Gasteiger partial charge in [-0.1, -0.05) is 20.8 Å². The van der Waals surface area contributed by atoms with Crippen LogP contribution in [0.3, 0.4) is 0 Å². The van der Waals surface area contributed by atoms with Crippen molar-refractivity contribution in [1.82, 2.24) is 14.4 Å². The molecule has 1 rings (SSSR count). The average Bonchev–Trinajstić information content (AvgIpc) is 3.01. The number of alkyl halides is 1. The summed E-state index contributed by atoms with van der Waals surface area (Å²) < 4.78 is 2.02. The molecule has 1 heterocycles.